The van der Waals surface area contributed by atoms with E-state index in [4.69, 9.17) is 13.6 Å². The van der Waals surface area contributed by atoms with Crippen molar-refractivity contribution in [3.05, 3.63) is 63.8 Å². The van der Waals surface area contributed by atoms with Gasteiger partial charge < -0.3 is 14.4 Å². The monoisotopic (exact) mass is 521 g/mol. The summed E-state index contributed by atoms with van der Waals surface area (Å²) >= 11 is 0. The minimum Gasteiger partial charge on any atom is -0.444 e. The third-order valence-electron chi connectivity index (χ3n) is 6.51. The Kier molecular flexibility index (Phi) is 5.88. The van der Waals surface area contributed by atoms with E-state index < -0.39 is 30.2 Å². The molecule has 0 N–H and O–H groups in total. The molecular weight excluding hydrogens is 487 g/mol. The first kappa shape index (κ1) is 22.1. The van der Waals surface area contributed by atoms with Crippen LogP contribution in [0.4, 0.5) is 20.7 Å². The quantitative estimate of drug-likeness (QED) is 0.439. The Morgan fingerprint density at radius 2 is 2.05 bits per heavy atom. The number of halogens is 1. The molecule has 0 bridgehead atoms. The highest BCUT2D eigenvalue weighted by molar-refractivity contribution is 5.92. The van der Waals surface area contributed by atoms with Crippen LogP contribution < -0.4 is 10.6 Å². The molecule has 2 aliphatic heterocycles. The van der Waals surface area contributed by atoms with Gasteiger partial charge in [-0.05, 0) is 57.9 Å². The fraction of sp³-hybridized carbons (Fsp3) is 0.414. The van der Waals surface area contributed by atoms with Crippen molar-refractivity contribution in [2.45, 2.75) is 51.9 Å². The highest BCUT2D eigenvalue weighted by Gasteiger charge is 2.31. The second kappa shape index (κ2) is 10.1. The van der Waals surface area contributed by atoms with Crippen LogP contribution in [-0.2, 0) is 23.1 Å². The van der Waals surface area contributed by atoms with Gasteiger partial charge in [-0.2, -0.15) is 4.98 Å². The summed E-state index contributed by atoms with van der Waals surface area (Å²) in [6, 6.07) is 9.09. The smallest absolute Gasteiger partial charge is 0.411 e. The summed E-state index contributed by atoms with van der Waals surface area (Å²) in [6.07, 6.45) is 1.13. The lowest BCUT2D eigenvalue weighted by atomic mass is 10.0. The first-order chi connectivity index (χ1) is 19.3. The molecule has 1 atom stereocenters. The van der Waals surface area contributed by atoms with Crippen molar-refractivity contribution in [2.24, 2.45) is 6.98 Å². The second-order valence-corrected chi connectivity index (χ2v) is 10.3. The largest absolute Gasteiger partial charge is 0.444 e. The van der Waals surface area contributed by atoms with E-state index in [1.165, 1.54) is 18.2 Å². The van der Waals surface area contributed by atoms with E-state index in [1.54, 1.807) is 21.9 Å². The first-order valence-electron chi connectivity index (χ1n) is 14.1. The molecule has 0 aliphatic carbocycles. The third-order valence-corrected chi connectivity index (χ3v) is 6.51. The van der Waals surface area contributed by atoms with Crippen LogP contribution in [0.5, 0.6) is 0 Å². The Morgan fingerprint density at radius 1 is 1.24 bits per heavy atom. The molecule has 9 heteroatoms. The fourth-order valence-electron chi connectivity index (χ4n) is 4.80. The van der Waals surface area contributed by atoms with Crippen LogP contribution in [0.15, 0.2) is 41.2 Å². The number of aryl methyl sites for hydroxylation is 1. The van der Waals surface area contributed by atoms with E-state index >= 15 is 4.39 Å². The number of hydrogen-bond donors (Lipinski definition) is 0. The van der Waals surface area contributed by atoms with Crippen molar-refractivity contribution in [3.8, 4) is 11.8 Å². The molecule has 3 heterocycles. The van der Waals surface area contributed by atoms with Crippen LogP contribution in [-0.4, -0.2) is 51.9 Å². The molecule has 0 saturated carbocycles. The van der Waals surface area contributed by atoms with E-state index in [-0.39, 0.29) is 42.5 Å². The highest BCUT2D eigenvalue weighted by Crippen LogP contribution is 2.35. The third kappa shape index (κ3) is 4.96. The molecule has 1 aromatic heterocycles. The number of likely N-dealkylation sites (tertiary alicyclic amines) is 1. The number of amides is 1. The number of carbonyl (C=O) groups excluding carboxylic acids is 1. The predicted molar refractivity (Wildman–Crippen MR) is 143 cm³/mol. The number of fused-ring (bicyclic) bond motifs is 2. The van der Waals surface area contributed by atoms with Gasteiger partial charge in [0.1, 0.15) is 11.4 Å². The van der Waals surface area contributed by atoms with Gasteiger partial charge in [0.2, 0.25) is 0 Å². The van der Waals surface area contributed by atoms with E-state index in [0.29, 0.717) is 27.9 Å². The summed E-state index contributed by atoms with van der Waals surface area (Å²) in [4.78, 5) is 33.1. The molecule has 38 heavy (non-hydrogen) atoms. The van der Waals surface area contributed by atoms with Gasteiger partial charge in [0.15, 0.2) is 5.82 Å². The van der Waals surface area contributed by atoms with Gasteiger partial charge in [0.25, 0.3) is 0 Å². The molecule has 1 saturated heterocycles. The minimum atomic E-state index is -2.84. The van der Waals surface area contributed by atoms with E-state index in [9.17, 15) is 9.59 Å². The van der Waals surface area contributed by atoms with Gasteiger partial charge in [0.05, 0.1) is 30.2 Å². The van der Waals surface area contributed by atoms with Crippen molar-refractivity contribution in [1.29, 1.82) is 0 Å². The van der Waals surface area contributed by atoms with Crippen LogP contribution in [0.25, 0.3) is 10.9 Å². The number of benzene rings is 2. The van der Waals surface area contributed by atoms with E-state index in [2.05, 4.69) is 16.8 Å². The fourth-order valence-corrected chi connectivity index (χ4v) is 4.80. The number of nitrogens with zero attached hydrogens (tertiary/aromatic N) is 4. The Labute approximate surface area is 225 Å². The van der Waals surface area contributed by atoms with Crippen molar-refractivity contribution >= 4 is 28.5 Å². The highest BCUT2D eigenvalue weighted by atomic mass is 19.1. The van der Waals surface area contributed by atoms with Crippen molar-refractivity contribution in [1.82, 2.24) is 14.5 Å². The van der Waals surface area contributed by atoms with Crippen LogP contribution in [0, 0.1) is 17.7 Å². The number of carbonyl (C=O) groups is 1. The van der Waals surface area contributed by atoms with Gasteiger partial charge in [-0.15, -0.1) is 0 Å². The zero-order chi connectivity index (χ0) is 29.5. The molecule has 198 valence electrons. The number of aromatic nitrogens is 2. The summed E-state index contributed by atoms with van der Waals surface area (Å²) in [7, 11) is 0. The molecule has 0 radical (unpaired) electrons. The van der Waals surface area contributed by atoms with Gasteiger partial charge >= 0.3 is 11.8 Å². The number of anilines is 2. The second-order valence-electron chi connectivity index (χ2n) is 10.3. The maximum absolute atomic E-state index is 15.3. The maximum Gasteiger partial charge on any atom is 0.411 e. The van der Waals surface area contributed by atoms with Crippen LogP contribution in [0.2, 0.25) is 0 Å². The van der Waals surface area contributed by atoms with E-state index in [0.717, 1.165) is 12.8 Å². The summed E-state index contributed by atoms with van der Waals surface area (Å²) in [5, 5.41) is -0.0773. The Morgan fingerprint density at radius 3 is 2.84 bits per heavy atom. The lowest BCUT2D eigenvalue weighted by molar-refractivity contribution is 0.0261. The van der Waals surface area contributed by atoms with Crippen LogP contribution >= 0.6 is 0 Å². The average molecular weight is 522 g/mol. The van der Waals surface area contributed by atoms with Crippen LogP contribution in [0.1, 0.15) is 48.9 Å². The SMILES string of the molecule is [2H]C([2H])([2H])n1c(=O)nc(N2CCOCc3c(C#CC4CCCN4C(=O)OC(C)(C)C)cccc32)c2c(F)cccc21. The lowest BCUT2D eigenvalue weighted by Crippen LogP contribution is -2.39. The maximum atomic E-state index is 15.3. The van der Waals surface area contributed by atoms with Gasteiger partial charge in [-0.25, -0.2) is 14.0 Å². The minimum absolute atomic E-state index is 0.00681. The number of ether oxygens (including phenoxy) is 2. The molecule has 1 unspecified atom stereocenters. The summed E-state index contributed by atoms with van der Waals surface area (Å²) in [5.74, 6) is 5.74. The molecule has 5 rings (SSSR count). The van der Waals surface area contributed by atoms with Crippen molar-refractivity contribution in [3.63, 3.8) is 0 Å². The summed E-state index contributed by atoms with van der Waals surface area (Å²) in [6.45, 7) is 3.88. The Bertz CT molecular complexity index is 1620. The molecule has 2 aromatic carbocycles. The molecule has 3 aromatic rings. The van der Waals surface area contributed by atoms with E-state index in [1.807, 2.05) is 26.8 Å². The van der Waals surface area contributed by atoms with Crippen molar-refractivity contribution < 1.29 is 22.8 Å². The predicted octanol–water partition coefficient (Wildman–Crippen LogP) is 4.49. The molecule has 8 nitrogen and oxygen atoms in total. The van der Waals surface area contributed by atoms with Crippen molar-refractivity contribution in [2.75, 3.05) is 24.6 Å². The Hall–Kier alpha value is -3.90. The first-order valence-corrected chi connectivity index (χ1v) is 12.6. The van der Waals surface area contributed by atoms with Crippen LogP contribution in [0.3, 0.4) is 0 Å². The molecular formula is C29H31FN4O4. The number of rotatable bonds is 1. The lowest BCUT2D eigenvalue weighted by Gasteiger charge is -2.26. The van der Waals surface area contributed by atoms with Gasteiger partial charge in [-0.1, -0.05) is 24.0 Å². The standard InChI is InChI=1S/C29H31FN4O4/c1-29(2,3)38-28(36)33-15-7-9-20(33)14-13-19-8-5-11-23-21(19)18-37-17-16-34(23)26-25-22(30)10-6-12-24(25)32(4)27(35)31-26/h5-6,8,10-12,20H,7,9,15-18H2,1-4H3/i4D3. The summed E-state index contributed by atoms with van der Waals surface area (Å²) in [5.41, 5.74) is 0.289. The molecule has 2 aliphatic rings. The Balaban J connectivity index is 1.58. The molecule has 0 spiro atoms. The van der Waals surface area contributed by atoms with Gasteiger partial charge in [0, 0.05) is 41.0 Å². The molecule has 1 amide bonds. The average Bonchev–Trinajstić information content (AvgIpc) is 3.24. The summed E-state index contributed by atoms with van der Waals surface area (Å²) < 4.78 is 50.7. The molecule has 1 fully saturated rings. The normalized spacial score (nSPS) is 19.1. The topological polar surface area (TPSA) is 76.9 Å². The number of hydrogen-bond acceptors (Lipinski definition) is 6. The zero-order valence-electron chi connectivity index (χ0n) is 24.6. The van der Waals surface area contributed by atoms with Gasteiger partial charge in [-0.3, -0.25) is 9.47 Å². The zero-order valence-corrected chi connectivity index (χ0v) is 21.6.